The minimum atomic E-state index is -4.05. The molecule has 2 N–H and O–H groups in total. The third kappa shape index (κ3) is 5.00. The van der Waals surface area contributed by atoms with Crippen LogP contribution < -0.4 is 5.32 Å². The van der Waals surface area contributed by atoms with Gasteiger partial charge in [-0.15, -0.1) is 0 Å². The number of hydrogen-bond acceptors (Lipinski definition) is 4. The maximum atomic E-state index is 12.1. The second-order valence-electron chi connectivity index (χ2n) is 6.47. The van der Waals surface area contributed by atoms with Crippen LogP contribution in [0.4, 0.5) is 0 Å². The molecule has 1 aromatic rings. The Morgan fingerprint density at radius 2 is 1.95 bits per heavy atom. The van der Waals surface area contributed by atoms with Crippen molar-refractivity contribution in [2.45, 2.75) is 51.9 Å². The van der Waals surface area contributed by atoms with E-state index in [2.05, 4.69) is 36.3 Å². The molecule has 1 heterocycles. The van der Waals surface area contributed by atoms with Crippen molar-refractivity contribution in [1.29, 1.82) is 0 Å². The average Bonchev–Trinajstić information content (AvgIpc) is 2.70. The second-order valence-corrected chi connectivity index (χ2v) is 8.98. The van der Waals surface area contributed by atoms with Crippen LogP contribution in [-0.2, 0) is 9.05 Å². The number of nitrogens with zero attached hydrogens (tertiary/aromatic N) is 1. The van der Waals surface area contributed by atoms with E-state index in [-0.39, 0.29) is 21.9 Å². The summed E-state index contributed by atoms with van der Waals surface area (Å²) in [5, 5.41) is 9.09. The Labute approximate surface area is 130 Å². The first-order chi connectivity index (χ1) is 9.43. The van der Waals surface area contributed by atoms with Crippen molar-refractivity contribution < 1.29 is 13.2 Å². The van der Waals surface area contributed by atoms with Crippen LogP contribution in [0, 0.1) is 5.41 Å². The van der Waals surface area contributed by atoms with Crippen molar-refractivity contribution in [3.05, 3.63) is 11.4 Å². The minimum absolute atomic E-state index is 0.0728. The topological polar surface area (TPSA) is 91.9 Å². The third-order valence-corrected chi connectivity index (χ3v) is 4.31. The first-order valence-corrected chi connectivity index (χ1v) is 9.05. The monoisotopic (exact) mass is 335 g/mol. The summed E-state index contributed by atoms with van der Waals surface area (Å²) in [6.07, 6.45) is 0.767. The zero-order valence-electron chi connectivity index (χ0n) is 12.9. The third-order valence-electron chi connectivity index (χ3n) is 2.94. The maximum Gasteiger partial charge on any atom is 0.273 e. The summed E-state index contributed by atoms with van der Waals surface area (Å²) in [6.45, 7) is 10.2. The highest BCUT2D eigenvalue weighted by Crippen LogP contribution is 2.27. The molecule has 0 fully saturated rings. The van der Waals surface area contributed by atoms with Crippen LogP contribution in [0.2, 0.25) is 0 Å². The molecule has 1 rings (SSSR count). The van der Waals surface area contributed by atoms with Gasteiger partial charge >= 0.3 is 0 Å². The van der Waals surface area contributed by atoms with Crippen LogP contribution in [-0.4, -0.2) is 31.1 Å². The van der Waals surface area contributed by atoms with Crippen LogP contribution in [0.25, 0.3) is 0 Å². The van der Waals surface area contributed by atoms with E-state index in [4.69, 9.17) is 10.7 Å². The van der Waals surface area contributed by atoms with Gasteiger partial charge in [0.05, 0.1) is 5.69 Å². The predicted molar refractivity (Wildman–Crippen MR) is 82.1 cm³/mol. The number of aromatic nitrogens is 2. The minimum Gasteiger partial charge on any atom is -0.351 e. The highest BCUT2D eigenvalue weighted by atomic mass is 35.7. The van der Waals surface area contributed by atoms with E-state index in [1.807, 2.05) is 0 Å². The van der Waals surface area contributed by atoms with E-state index in [1.54, 1.807) is 13.8 Å². The highest BCUT2D eigenvalue weighted by molar-refractivity contribution is 8.13. The fourth-order valence-electron chi connectivity index (χ4n) is 1.77. The molecule has 0 aliphatic rings. The number of carbonyl (C=O) groups excluding carboxylic acids is 1. The number of H-pyrrole nitrogens is 1. The Kier molecular flexibility index (Phi) is 5.44. The van der Waals surface area contributed by atoms with Gasteiger partial charge in [-0.3, -0.25) is 9.89 Å². The van der Waals surface area contributed by atoms with Crippen LogP contribution in [0.1, 0.15) is 63.1 Å². The molecule has 1 aromatic heterocycles. The van der Waals surface area contributed by atoms with Crippen molar-refractivity contribution in [3.8, 4) is 0 Å². The number of halogens is 1. The van der Waals surface area contributed by atoms with Gasteiger partial charge in [-0.2, -0.15) is 5.10 Å². The molecule has 0 unspecified atom stereocenters. The fourth-order valence-corrected chi connectivity index (χ4v) is 3.15. The number of aromatic amines is 1. The van der Waals surface area contributed by atoms with E-state index >= 15 is 0 Å². The van der Waals surface area contributed by atoms with E-state index in [0.29, 0.717) is 12.2 Å². The molecule has 0 aliphatic heterocycles. The molecule has 120 valence electrons. The van der Waals surface area contributed by atoms with Gasteiger partial charge in [0.15, 0.2) is 5.69 Å². The van der Waals surface area contributed by atoms with Crippen molar-refractivity contribution >= 4 is 25.6 Å². The van der Waals surface area contributed by atoms with Gasteiger partial charge in [0, 0.05) is 17.2 Å². The molecule has 0 atom stereocenters. The van der Waals surface area contributed by atoms with Crippen LogP contribution >= 0.6 is 10.7 Å². The molecular weight excluding hydrogens is 314 g/mol. The van der Waals surface area contributed by atoms with Crippen LogP contribution in [0.15, 0.2) is 4.90 Å². The fraction of sp³-hybridized carbons (Fsp3) is 0.692. The van der Waals surface area contributed by atoms with Crippen molar-refractivity contribution in [2.24, 2.45) is 5.41 Å². The van der Waals surface area contributed by atoms with Gasteiger partial charge in [-0.25, -0.2) is 8.42 Å². The van der Waals surface area contributed by atoms with Gasteiger partial charge < -0.3 is 5.32 Å². The summed E-state index contributed by atoms with van der Waals surface area (Å²) in [4.78, 5) is 11.9. The Balaban J connectivity index is 3.01. The number of rotatable bonds is 5. The lowest BCUT2D eigenvalue weighted by Crippen LogP contribution is -2.28. The summed E-state index contributed by atoms with van der Waals surface area (Å²) in [5.41, 5.74) is 0.233. The Morgan fingerprint density at radius 1 is 1.38 bits per heavy atom. The maximum absolute atomic E-state index is 12.1. The molecule has 1 amide bonds. The average molecular weight is 336 g/mol. The van der Waals surface area contributed by atoms with E-state index in [1.165, 1.54) is 0 Å². The summed E-state index contributed by atoms with van der Waals surface area (Å²) in [7, 11) is 1.39. The molecule has 0 aliphatic carbocycles. The summed E-state index contributed by atoms with van der Waals surface area (Å²) < 4.78 is 23.4. The van der Waals surface area contributed by atoms with Crippen molar-refractivity contribution in [3.63, 3.8) is 0 Å². The van der Waals surface area contributed by atoms with Gasteiger partial charge in [0.25, 0.3) is 15.0 Å². The molecule has 6 nitrogen and oxygen atoms in total. The highest BCUT2D eigenvalue weighted by Gasteiger charge is 2.29. The van der Waals surface area contributed by atoms with Crippen LogP contribution in [0.5, 0.6) is 0 Å². The zero-order chi connectivity index (χ0) is 16.4. The molecule has 0 bridgehead atoms. The van der Waals surface area contributed by atoms with Gasteiger partial charge in [-0.1, -0.05) is 34.6 Å². The molecule has 0 aromatic carbocycles. The van der Waals surface area contributed by atoms with Crippen molar-refractivity contribution in [1.82, 2.24) is 15.5 Å². The van der Waals surface area contributed by atoms with Crippen molar-refractivity contribution in [2.75, 3.05) is 6.54 Å². The van der Waals surface area contributed by atoms with Gasteiger partial charge in [-0.05, 0) is 17.8 Å². The van der Waals surface area contributed by atoms with Gasteiger partial charge in [0.1, 0.15) is 4.90 Å². The zero-order valence-corrected chi connectivity index (χ0v) is 14.5. The SMILES string of the molecule is CC(C)c1[nH]nc(C(=O)NCCC(C)(C)C)c1S(=O)(=O)Cl. The number of nitrogens with one attached hydrogen (secondary N) is 2. The predicted octanol–water partition coefficient (Wildman–Crippen LogP) is 2.63. The number of carbonyl (C=O) groups is 1. The Hall–Kier alpha value is -1.08. The molecular formula is C13H22ClN3O3S. The number of amides is 1. The molecule has 0 saturated carbocycles. The summed E-state index contributed by atoms with van der Waals surface area (Å²) in [5.74, 6) is -0.682. The van der Waals surface area contributed by atoms with Crippen LogP contribution in [0.3, 0.4) is 0 Å². The lowest BCUT2D eigenvalue weighted by molar-refractivity contribution is 0.0941. The Morgan fingerprint density at radius 3 is 2.38 bits per heavy atom. The van der Waals surface area contributed by atoms with E-state index in [0.717, 1.165) is 6.42 Å². The standard InChI is InChI=1S/C13H22ClN3O3S/c1-8(2)9-11(21(14,19)20)10(17-16-9)12(18)15-7-6-13(3,4)5/h8H,6-7H2,1-5H3,(H,15,18)(H,16,17). The molecule has 21 heavy (non-hydrogen) atoms. The quantitative estimate of drug-likeness (QED) is 0.809. The van der Waals surface area contributed by atoms with E-state index < -0.39 is 15.0 Å². The molecule has 8 heteroatoms. The lowest BCUT2D eigenvalue weighted by atomic mass is 9.92. The first-order valence-electron chi connectivity index (χ1n) is 6.74. The summed E-state index contributed by atoms with van der Waals surface area (Å²) >= 11 is 0. The largest absolute Gasteiger partial charge is 0.351 e. The van der Waals surface area contributed by atoms with Gasteiger partial charge in [0.2, 0.25) is 0 Å². The Bertz CT molecular complexity index is 615. The molecule has 0 spiro atoms. The normalized spacial score (nSPS) is 12.7. The number of hydrogen-bond donors (Lipinski definition) is 2. The first kappa shape index (κ1) is 18.0. The lowest BCUT2D eigenvalue weighted by Gasteiger charge is -2.17. The molecule has 0 saturated heterocycles. The second kappa shape index (κ2) is 6.36. The molecule has 0 radical (unpaired) electrons. The summed E-state index contributed by atoms with van der Waals surface area (Å²) in [6, 6.07) is 0. The smallest absolute Gasteiger partial charge is 0.273 e. The van der Waals surface area contributed by atoms with E-state index in [9.17, 15) is 13.2 Å².